The van der Waals surface area contributed by atoms with Crippen molar-refractivity contribution >= 4 is 27.6 Å². The van der Waals surface area contributed by atoms with Gasteiger partial charge < -0.3 is 15.2 Å². The van der Waals surface area contributed by atoms with Crippen LogP contribution >= 0.6 is 0 Å². The van der Waals surface area contributed by atoms with Gasteiger partial charge in [-0.05, 0) is 49.1 Å². The summed E-state index contributed by atoms with van der Waals surface area (Å²) >= 11 is 0. The van der Waals surface area contributed by atoms with Gasteiger partial charge in [0.05, 0.1) is 42.2 Å². The fourth-order valence-corrected chi connectivity index (χ4v) is 7.15. The normalized spacial score (nSPS) is 20.2. The molecule has 210 valence electrons. The van der Waals surface area contributed by atoms with Crippen LogP contribution in [0.2, 0.25) is 0 Å². The van der Waals surface area contributed by atoms with Gasteiger partial charge in [0, 0.05) is 18.3 Å². The Morgan fingerprint density at radius 1 is 1.02 bits per heavy atom. The lowest BCUT2D eigenvalue weighted by atomic mass is 9.81. The number of ether oxygens (including phenoxy) is 2. The van der Waals surface area contributed by atoms with Crippen LogP contribution in [0.1, 0.15) is 44.1 Å². The largest absolute Gasteiger partial charge is 0.466 e. The van der Waals surface area contributed by atoms with Crippen molar-refractivity contribution in [2.75, 3.05) is 25.7 Å². The minimum Gasteiger partial charge on any atom is -0.466 e. The number of hydrogen-bond donors (Lipinski definition) is 1. The zero-order valence-electron chi connectivity index (χ0n) is 22.7. The summed E-state index contributed by atoms with van der Waals surface area (Å²) < 4.78 is 38.6. The summed E-state index contributed by atoms with van der Waals surface area (Å²) in [4.78, 5) is 27.7. The maximum atomic E-state index is 13.5. The van der Waals surface area contributed by atoms with Gasteiger partial charge in [-0.1, -0.05) is 43.7 Å². The second kappa shape index (κ2) is 11.9. The minimum atomic E-state index is -3.77. The molecule has 2 aliphatic heterocycles. The van der Waals surface area contributed by atoms with Crippen LogP contribution in [-0.4, -0.2) is 51.5 Å². The van der Waals surface area contributed by atoms with Gasteiger partial charge >= 0.3 is 11.9 Å². The van der Waals surface area contributed by atoms with Gasteiger partial charge in [0.25, 0.3) is 0 Å². The molecule has 1 fully saturated rings. The Labute approximate surface area is 234 Å². The fourth-order valence-electron chi connectivity index (χ4n) is 5.38. The molecule has 2 N–H and O–H groups in total. The number of rotatable bonds is 7. The number of benzene rings is 2. The zero-order valence-corrected chi connectivity index (χ0v) is 23.5. The quantitative estimate of drug-likeness (QED) is 0.500. The molecule has 2 atom stereocenters. The SMILES string of the molecule is CCC1CCCCN1S(=O)(=O)c1ccc(N2C(N)=C(C#N)C(c3ccccc3)C(C(=O)OC)=C2C(=O)OC)cc1. The smallest absolute Gasteiger partial charge is 0.355 e. The van der Waals surface area contributed by atoms with Crippen LogP contribution in [0.3, 0.4) is 0 Å². The third-order valence-corrected chi connectivity index (χ3v) is 9.32. The highest BCUT2D eigenvalue weighted by molar-refractivity contribution is 7.89. The number of nitrogens with zero attached hydrogens (tertiary/aromatic N) is 3. The first kappa shape index (κ1) is 28.9. The van der Waals surface area contributed by atoms with Gasteiger partial charge in [0.15, 0.2) is 0 Å². The minimum absolute atomic E-state index is 0.0232. The first-order valence-corrected chi connectivity index (χ1v) is 14.4. The first-order valence-electron chi connectivity index (χ1n) is 13.0. The summed E-state index contributed by atoms with van der Waals surface area (Å²) in [6.07, 6.45) is 3.31. The van der Waals surface area contributed by atoms with Crippen molar-refractivity contribution in [1.82, 2.24) is 4.31 Å². The van der Waals surface area contributed by atoms with Crippen LogP contribution in [0.25, 0.3) is 0 Å². The highest BCUT2D eigenvalue weighted by Gasteiger charge is 2.43. The van der Waals surface area contributed by atoms with E-state index in [0.29, 0.717) is 12.1 Å². The topological polar surface area (TPSA) is 143 Å². The highest BCUT2D eigenvalue weighted by Crippen LogP contribution is 2.43. The molecule has 4 rings (SSSR count). The third-order valence-electron chi connectivity index (χ3n) is 7.36. The molecular weight excluding hydrogens is 532 g/mol. The van der Waals surface area contributed by atoms with Crippen LogP contribution < -0.4 is 10.6 Å². The fraction of sp³-hybridized carbons (Fsp3) is 0.345. The molecule has 0 aliphatic carbocycles. The lowest BCUT2D eigenvalue weighted by molar-refractivity contribution is -0.139. The maximum absolute atomic E-state index is 13.5. The van der Waals surface area contributed by atoms with Crippen LogP contribution in [-0.2, 0) is 29.1 Å². The standard InChI is InChI=1S/C29H32N4O6S/c1-4-20-12-8-9-17-32(20)40(36,37)22-15-13-21(14-16-22)33-26(29(35)39-3)25(28(34)38-2)24(23(18-30)27(33)31)19-10-6-5-7-11-19/h5-7,10-11,13-16,20,24H,4,8-9,12,17,31H2,1-3H3. The Balaban J connectivity index is 1.88. The molecule has 2 aromatic rings. The third kappa shape index (κ3) is 5.08. The molecule has 0 aromatic heterocycles. The Morgan fingerprint density at radius 3 is 2.25 bits per heavy atom. The Bertz CT molecular complexity index is 1490. The van der Waals surface area contributed by atoms with E-state index >= 15 is 0 Å². The van der Waals surface area contributed by atoms with Gasteiger partial charge in [-0.2, -0.15) is 9.57 Å². The van der Waals surface area contributed by atoms with Gasteiger partial charge in [-0.25, -0.2) is 18.0 Å². The Morgan fingerprint density at radius 2 is 1.68 bits per heavy atom. The summed E-state index contributed by atoms with van der Waals surface area (Å²) in [7, 11) is -1.43. The molecule has 2 unspecified atom stereocenters. The average molecular weight is 565 g/mol. The lowest BCUT2D eigenvalue weighted by Gasteiger charge is -2.36. The summed E-state index contributed by atoms with van der Waals surface area (Å²) in [5, 5.41) is 10.2. The highest BCUT2D eigenvalue weighted by atomic mass is 32.2. The van der Waals surface area contributed by atoms with Gasteiger partial charge in [0.1, 0.15) is 11.5 Å². The number of methoxy groups -OCH3 is 2. The molecular formula is C29H32N4O6S. The van der Waals surface area contributed by atoms with Gasteiger partial charge in [-0.15, -0.1) is 0 Å². The van der Waals surface area contributed by atoms with Crippen molar-refractivity contribution < 1.29 is 27.5 Å². The van der Waals surface area contributed by atoms with Crippen LogP contribution in [0, 0.1) is 11.3 Å². The zero-order chi connectivity index (χ0) is 29.0. The molecule has 0 amide bonds. The molecule has 0 spiro atoms. The van der Waals surface area contributed by atoms with E-state index in [0.717, 1.165) is 32.8 Å². The molecule has 0 bridgehead atoms. The van der Waals surface area contributed by atoms with Gasteiger partial charge in [-0.3, -0.25) is 4.90 Å². The number of sulfonamides is 1. The number of hydrogen-bond acceptors (Lipinski definition) is 9. The number of esters is 2. The van der Waals surface area contributed by atoms with Crippen molar-refractivity contribution in [2.24, 2.45) is 5.73 Å². The van der Waals surface area contributed by atoms with Crippen molar-refractivity contribution in [3.8, 4) is 6.07 Å². The molecule has 2 aliphatic rings. The van der Waals surface area contributed by atoms with Crippen molar-refractivity contribution in [3.63, 3.8) is 0 Å². The van der Waals surface area contributed by atoms with Crippen molar-refractivity contribution in [3.05, 3.63) is 82.8 Å². The number of anilines is 1. The Hall–Kier alpha value is -4.14. The van der Waals surface area contributed by atoms with E-state index in [1.807, 2.05) is 6.92 Å². The van der Waals surface area contributed by atoms with E-state index in [9.17, 15) is 23.3 Å². The summed E-state index contributed by atoms with van der Waals surface area (Å²) in [5.41, 5.74) is 7.01. The van der Waals surface area contributed by atoms with E-state index in [1.54, 1.807) is 34.6 Å². The molecule has 0 saturated carbocycles. The molecule has 11 heteroatoms. The number of nitriles is 1. The summed E-state index contributed by atoms with van der Waals surface area (Å²) in [5.74, 6) is -2.80. The van der Waals surface area contributed by atoms with Crippen LogP contribution in [0.4, 0.5) is 5.69 Å². The van der Waals surface area contributed by atoms with E-state index in [2.05, 4.69) is 6.07 Å². The summed E-state index contributed by atoms with van der Waals surface area (Å²) in [6.45, 7) is 2.43. The van der Waals surface area contributed by atoms with E-state index < -0.39 is 27.9 Å². The monoisotopic (exact) mass is 564 g/mol. The van der Waals surface area contributed by atoms with E-state index in [1.165, 1.54) is 36.3 Å². The molecule has 0 radical (unpaired) electrons. The summed E-state index contributed by atoms with van der Waals surface area (Å²) in [6, 6.07) is 16.6. The molecule has 2 aromatic carbocycles. The predicted octanol–water partition coefficient (Wildman–Crippen LogP) is 3.54. The number of carbonyl (C=O) groups is 2. The second-order valence-electron chi connectivity index (χ2n) is 9.50. The Kier molecular flexibility index (Phi) is 8.61. The van der Waals surface area contributed by atoms with Gasteiger partial charge in [0.2, 0.25) is 10.0 Å². The van der Waals surface area contributed by atoms with Crippen LogP contribution in [0.15, 0.2) is 82.2 Å². The molecule has 2 heterocycles. The number of allylic oxidation sites excluding steroid dienone is 1. The van der Waals surface area contributed by atoms with Crippen molar-refractivity contribution in [2.45, 2.75) is 49.5 Å². The molecule has 10 nitrogen and oxygen atoms in total. The number of nitrogens with two attached hydrogens (primary N) is 1. The first-order chi connectivity index (χ1) is 19.2. The van der Waals surface area contributed by atoms with Crippen molar-refractivity contribution in [1.29, 1.82) is 5.26 Å². The van der Waals surface area contributed by atoms with E-state index in [-0.39, 0.29) is 39.3 Å². The van der Waals surface area contributed by atoms with E-state index in [4.69, 9.17) is 15.2 Å². The average Bonchev–Trinajstić information content (AvgIpc) is 3.00. The van der Waals surface area contributed by atoms with Crippen LogP contribution in [0.5, 0.6) is 0 Å². The lowest BCUT2D eigenvalue weighted by Crippen LogP contribution is -2.43. The molecule has 40 heavy (non-hydrogen) atoms. The number of carbonyl (C=O) groups excluding carboxylic acids is 2. The molecule has 1 saturated heterocycles. The maximum Gasteiger partial charge on any atom is 0.355 e. The second-order valence-corrected chi connectivity index (χ2v) is 11.4. The predicted molar refractivity (Wildman–Crippen MR) is 148 cm³/mol. The number of piperidine rings is 1.